The van der Waals surface area contributed by atoms with Crippen LogP contribution in [0.2, 0.25) is 0 Å². The van der Waals surface area contributed by atoms with E-state index in [0.717, 1.165) is 14.2 Å². The summed E-state index contributed by atoms with van der Waals surface area (Å²) in [5, 5.41) is 12.1. The molecule has 4 N–H and O–H groups in total. The molecule has 0 spiro atoms. The number of nitrogens with one attached hydrogen (secondary N) is 1. The largest absolute Gasteiger partial charge is 0.468 e. The van der Waals surface area contributed by atoms with Gasteiger partial charge in [0.15, 0.2) is 5.92 Å². The minimum absolute atomic E-state index is 0.0112. The van der Waals surface area contributed by atoms with Gasteiger partial charge in [0, 0.05) is 25.8 Å². The molecule has 11 nitrogen and oxygen atoms in total. The maximum atomic E-state index is 12.6. The van der Waals surface area contributed by atoms with E-state index in [0.29, 0.717) is 0 Å². The number of ether oxygens (including phenoxy) is 2. The van der Waals surface area contributed by atoms with E-state index in [-0.39, 0.29) is 13.0 Å². The fourth-order valence-corrected chi connectivity index (χ4v) is 3.09. The summed E-state index contributed by atoms with van der Waals surface area (Å²) in [7, 11) is 2.13. The molecular weight excluding hydrogens is 362 g/mol. The van der Waals surface area contributed by atoms with E-state index in [1.165, 1.54) is 18.7 Å². The Kier molecular flexibility index (Phi) is 7.70. The van der Waals surface area contributed by atoms with E-state index in [1.807, 2.05) is 0 Å². The number of amides is 3. The Morgan fingerprint density at radius 1 is 1.15 bits per heavy atom. The number of methoxy groups -OCH3 is 2. The van der Waals surface area contributed by atoms with Crippen molar-refractivity contribution in [2.75, 3.05) is 20.8 Å². The van der Waals surface area contributed by atoms with Gasteiger partial charge in [-0.2, -0.15) is 0 Å². The normalized spacial score (nSPS) is 21.3. The third kappa shape index (κ3) is 5.16. The summed E-state index contributed by atoms with van der Waals surface area (Å²) in [6.45, 7) is 2.59. The third-order valence-corrected chi connectivity index (χ3v) is 4.55. The van der Waals surface area contributed by atoms with Crippen LogP contribution in [0.3, 0.4) is 0 Å². The zero-order valence-corrected chi connectivity index (χ0v) is 15.6. The number of nitrogens with zero attached hydrogens (tertiary/aromatic N) is 1. The fourth-order valence-electron chi connectivity index (χ4n) is 3.09. The minimum Gasteiger partial charge on any atom is -0.468 e. The van der Waals surface area contributed by atoms with Crippen LogP contribution in [0.15, 0.2) is 0 Å². The molecule has 11 heteroatoms. The maximum absolute atomic E-state index is 12.6. The van der Waals surface area contributed by atoms with Gasteiger partial charge >= 0.3 is 11.9 Å². The van der Waals surface area contributed by atoms with Crippen molar-refractivity contribution in [3.63, 3.8) is 0 Å². The van der Waals surface area contributed by atoms with Crippen molar-refractivity contribution in [2.24, 2.45) is 17.6 Å². The van der Waals surface area contributed by atoms with Crippen molar-refractivity contribution in [3.05, 3.63) is 0 Å². The Balaban J connectivity index is 3.05. The molecule has 3 amide bonds. The van der Waals surface area contributed by atoms with Crippen LogP contribution in [0.25, 0.3) is 0 Å². The number of carbonyl (C=O) groups excluding carboxylic acids is 5. The van der Waals surface area contributed by atoms with Crippen molar-refractivity contribution in [3.8, 4) is 0 Å². The number of likely N-dealkylation sites (tertiary alicyclic amines) is 1. The van der Waals surface area contributed by atoms with Crippen molar-refractivity contribution >= 4 is 29.7 Å². The average molecular weight is 387 g/mol. The number of nitrogens with two attached hydrogens (primary N) is 1. The number of hydrogen-bond donors (Lipinski definition) is 3. The second-order valence-electron chi connectivity index (χ2n) is 6.35. The van der Waals surface area contributed by atoms with Gasteiger partial charge in [0.1, 0.15) is 12.1 Å². The maximum Gasteiger partial charge on any atom is 0.320 e. The molecule has 0 aromatic carbocycles. The smallest absolute Gasteiger partial charge is 0.320 e. The predicted octanol–water partition coefficient (Wildman–Crippen LogP) is -2.46. The molecular formula is C16H25N3O8. The molecule has 0 bridgehead atoms. The second kappa shape index (κ2) is 9.31. The van der Waals surface area contributed by atoms with Gasteiger partial charge in [0.2, 0.25) is 17.7 Å². The molecule has 1 aliphatic rings. The van der Waals surface area contributed by atoms with Crippen LogP contribution >= 0.6 is 0 Å². The highest BCUT2D eigenvalue weighted by atomic mass is 16.5. The highest BCUT2D eigenvalue weighted by Crippen LogP contribution is 2.22. The summed E-state index contributed by atoms with van der Waals surface area (Å²) in [4.78, 5) is 61.1. The summed E-state index contributed by atoms with van der Waals surface area (Å²) in [5.74, 6) is -6.60. The van der Waals surface area contributed by atoms with Crippen LogP contribution in [-0.4, -0.2) is 78.6 Å². The predicted molar refractivity (Wildman–Crippen MR) is 89.6 cm³/mol. The van der Waals surface area contributed by atoms with Gasteiger partial charge < -0.3 is 30.5 Å². The SMILES string of the molecule is COC(=O)C(C(=O)OC)[C@H](C)[C@H](NC(=O)[C@@H]1C[C@@H](O)CN1C(C)=O)C(N)=O. The Morgan fingerprint density at radius 3 is 2.07 bits per heavy atom. The number of rotatable bonds is 7. The Hall–Kier alpha value is -2.69. The lowest BCUT2D eigenvalue weighted by Crippen LogP contribution is -2.56. The number of aliphatic hydroxyl groups is 1. The van der Waals surface area contributed by atoms with E-state index in [4.69, 9.17) is 5.73 Å². The molecule has 1 saturated heterocycles. The highest BCUT2D eigenvalue weighted by Gasteiger charge is 2.44. The molecule has 27 heavy (non-hydrogen) atoms. The number of carbonyl (C=O) groups is 5. The lowest BCUT2D eigenvalue weighted by Gasteiger charge is -2.29. The second-order valence-corrected chi connectivity index (χ2v) is 6.35. The first-order chi connectivity index (χ1) is 12.5. The van der Waals surface area contributed by atoms with E-state index >= 15 is 0 Å². The molecule has 0 unspecified atom stereocenters. The molecule has 1 fully saturated rings. The molecule has 1 heterocycles. The van der Waals surface area contributed by atoms with Gasteiger partial charge in [0.05, 0.1) is 20.3 Å². The summed E-state index contributed by atoms with van der Waals surface area (Å²) in [5.41, 5.74) is 5.34. The summed E-state index contributed by atoms with van der Waals surface area (Å²) >= 11 is 0. The number of hydrogen-bond acceptors (Lipinski definition) is 8. The van der Waals surface area contributed by atoms with Crippen LogP contribution in [-0.2, 0) is 33.4 Å². The molecule has 4 atom stereocenters. The zero-order valence-electron chi connectivity index (χ0n) is 15.6. The highest BCUT2D eigenvalue weighted by molar-refractivity contribution is 5.97. The molecule has 152 valence electrons. The summed E-state index contributed by atoms with van der Waals surface area (Å²) in [6, 6.07) is -2.41. The summed E-state index contributed by atoms with van der Waals surface area (Å²) < 4.78 is 9.13. The minimum atomic E-state index is -1.49. The molecule has 0 aromatic rings. The first-order valence-electron chi connectivity index (χ1n) is 8.25. The van der Waals surface area contributed by atoms with E-state index in [9.17, 15) is 29.1 Å². The van der Waals surface area contributed by atoms with Crippen molar-refractivity contribution in [1.82, 2.24) is 10.2 Å². The first-order valence-corrected chi connectivity index (χ1v) is 8.25. The van der Waals surface area contributed by atoms with Gasteiger partial charge in [0.25, 0.3) is 0 Å². The van der Waals surface area contributed by atoms with Gasteiger partial charge in [-0.15, -0.1) is 0 Å². The van der Waals surface area contributed by atoms with Crippen LogP contribution in [0.5, 0.6) is 0 Å². The first kappa shape index (κ1) is 22.4. The topological polar surface area (TPSA) is 165 Å². The standard InChI is InChI=1S/C16H25N3O8/c1-7(11(15(24)26-3)16(25)27-4)12(13(17)22)18-14(23)10-5-9(21)6-19(10)8(2)20/h7,9-12,21H,5-6H2,1-4H3,(H2,17,22)(H,18,23)/t7-,9+,10-,12-/m0/s1. The van der Waals surface area contributed by atoms with E-state index in [1.54, 1.807) is 0 Å². The summed E-state index contributed by atoms with van der Waals surface area (Å²) in [6.07, 6.45) is -0.894. The van der Waals surface area contributed by atoms with Crippen molar-refractivity contribution < 1.29 is 38.6 Å². The Bertz CT molecular complexity index is 607. The molecule has 1 aliphatic heterocycles. The molecule has 1 rings (SSSR count). The lowest BCUT2D eigenvalue weighted by molar-refractivity contribution is -0.162. The van der Waals surface area contributed by atoms with E-state index < -0.39 is 59.7 Å². The van der Waals surface area contributed by atoms with Crippen molar-refractivity contribution in [1.29, 1.82) is 0 Å². The molecule has 0 radical (unpaired) electrons. The van der Waals surface area contributed by atoms with Gasteiger partial charge in [-0.1, -0.05) is 6.92 Å². The van der Waals surface area contributed by atoms with Crippen LogP contribution in [0.4, 0.5) is 0 Å². The van der Waals surface area contributed by atoms with E-state index in [2.05, 4.69) is 14.8 Å². The Morgan fingerprint density at radius 2 is 1.67 bits per heavy atom. The number of aliphatic hydroxyl groups excluding tert-OH is 1. The monoisotopic (exact) mass is 387 g/mol. The van der Waals surface area contributed by atoms with Crippen LogP contribution < -0.4 is 11.1 Å². The zero-order chi connectivity index (χ0) is 20.9. The third-order valence-electron chi connectivity index (χ3n) is 4.55. The number of primary amides is 1. The number of β-amino-alcohol motifs (C(OH)–C–C–N with tert-alkyl or cyclic N) is 1. The number of esters is 2. The van der Waals surface area contributed by atoms with Crippen LogP contribution in [0, 0.1) is 11.8 Å². The van der Waals surface area contributed by atoms with Crippen molar-refractivity contribution in [2.45, 2.75) is 38.5 Å². The van der Waals surface area contributed by atoms with Gasteiger partial charge in [-0.25, -0.2) is 0 Å². The van der Waals surface area contributed by atoms with Gasteiger partial charge in [-0.3, -0.25) is 24.0 Å². The molecule has 0 aliphatic carbocycles. The van der Waals surface area contributed by atoms with Gasteiger partial charge in [-0.05, 0) is 0 Å². The Labute approximate surface area is 156 Å². The van der Waals surface area contributed by atoms with Crippen LogP contribution in [0.1, 0.15) is 20.3 Å². The molecule has 0 aromatic heterocycles. The average Bonchev–Trinajstić information content (AvgIpc) is 3.00. The fraction of sp³-hybridized carbons (Fsp3) is 0.688. The lowest BCUT2D eigenvalue weighted by atomic mass is 9.86. The molecule has 0 saturated carbocycles. The quantitative estimate of drug-likeness (QED) is 0.319.